The van der Waals surface area contributed by atoms with E-state index in [0.717, 1.165) is 46.1 Å². The van der Waals surface area contributed by atoms with Crippen molar-refractivity contribution in [3.63, 3.8) is 0 Å². The Bertz CT molecular complexity index is 1670. The number of thiazole rings is 1. The molecule has 0 aliphatic heterocycles. The van der Waals surface area contributed by atoms with E-state index in [9.17, 15) is 9.18 Å². The third-order valence-corrected chi connectivity index (χ3v) is 8.31. The van der Waals surface area contributed by atoms with Crippen molar-refractivity contribution in [3.8, 4) is 17.0 Å². The summed E-state index contributed by atoms with van der Waals surface area (Å²) in [7, 11) is 0. The number of halogens is 3. The van der Waals surface area contributed by atoms with Gasteiger partial charge in [0.15, 0.2) is 5.13 Å². The maximum absolute atomic E-state index is 13.1. The van der Waals surface area contributed by atoms with Crippen LogP contribution >= 0.6 is 56.5 Å². The van der Waals surface area contributed by atoms with Gasteiger partial charge in [0.05, 0.1) is 19.0 Å². The van der Waals surface area contributed by atoms with E-state index in [0.29, 0.717) is 12.2 Å². The molecule has 0 aliphatic rings. The lowest BCUT2D eigenvalue weighted by Crippen LogP contribution is -2.17. The van der Waals surface area contributed by atoms with E-state index in [1.807, 2.05) is 41.8 Å². The molecule has 2 N–H and O–H groups in total. The zero-order chi connectivity index (χ0) is 28.8. The number of rotatable bonds is 9. The van der Waals surface area contributed by atoms with Gasteiger partial charge in [0, 0.05) is 22.2 Å². The SMILES string of the molecule is Cc1ccc(Nc2nc(-c3ccc(C(=O)N/N=C\c4cc(I)c(OCc5ccc(F)cc5)c(I)c4)cc3)cs2)cc1. The molecule has 0 saturated carbocycles. The fraction of sp³-hybridized carbons (Fsp3) is 0.0645. The molecule has 10 heteroatoms. The number of anilines is 2. The Kier molecular flexibility index (Phi) is 9.62. The summed E-state index contributed by atoms with van der Waals surface area (Å²) in [5.74, 6) is 0.161. The van der Waals surface area contributed by atoms with Gasteiger partial charge in [-0.1, -0.05) is 42.0 Å². The highest BCUT2D eigenvalue weighted by Gasteiger charge is 2.11. The molecule has 0 aliphatic carbocycles. The predicted molar refractivity (Wildman–Crippen MR) is 180 cm³/mol. The normalized spacial score (nSPS) is 11.0. The summed E-state index contributed by atoms with van der Waals surface area (Å²) >= 11 is 5.93. The van der Waals surface area contributed by atoms with E-state index in [-0.39, 0.29) is 11.7 Å². The number of aromatic nitrogens is 1. The summed E-state index contributed by atoms with van der Waals surface area (Å²) < 4.78 is 20.9. The molecule has 5 aromatic rings. The summed E-state index contributed by atoms with van der Waals surface area (Å²) in [4.78, 5) is 17.3. The Hall–Kier alpha value is -3.36. The zero-order valence-electron chi connectivity index (χ0n) is 21.7. The summed E-state index contributed by atoms with van der Waals surface area (Å²) in [6.45, 7) is 2.39. The zero-order valence-corrected chi connectivity index (χ0v) is 26.8. The van der Waals surface area contributed by atoms with Crippen molar-refractivity contribution in [2.75, 3.05) is 5.32 Å². The monoisotopic (exact) mass is 788 g/mol. The van der Waals surface area contributed by atoms with E-state index >= 15 is 0 Å². The Balaban J connectivity index is 1.16. The van der Waals surface area contributed by atoms with Crippen molar-refractivity contribution in [3.05, 3.63) is 126 Å². The lowest BCUT2D eigenvalue weighted by Gasteiger charge is -2.11. The van der Waals surface area contributed by atoms with Crippen LogP contribution in [0.1, 0.15) is 27.0 Å². The second-order valence-electron chi connectivity index (χ2n) is 9.03. The minimum Gasteiger partial charge on any atom is -0.487 e. The number of ether oxygens (including phenoxy) is 1. The molecule has 0 fully saturated rings. The van der Waals surface area contributed by atoms with E-state index < -0.39 is 0 Å². The lowest BCUT2D eigenvalue weighted by molar-refractivity contribution is 0.0955. The number of carbonyl (C=O) groups is 1. The molecular weight excluding hydrogens is 765 g/mol. The second-order valence-corrected chi connectivity index (χ2v) is 12.2. The molecule has 5 rings (SSSR count). The van der Waals surface area contributed by atoms with Gasteiger partial charge in [0.1, 0.15) is 18.2 Å². The highest BCUT2D eigenvalue weighted by atomic mass is 127. The Morgan fingerprint density at radius 2 is 1.68 bits per heavy atom. The van der Waals surface area contributed by atoms with E-state index in [1.54, 1.807) is 30.5 Å². The van der Waals surface area contributed by atoms with E-state index in [1.165, 1.54) is 29.0 Å². The van der Waals surface area contributed by atoms with E-state index in [4.69, 9.17) is 4.74 Å². The largest absolute Gasteiger partial charge is 0.487 e. The van der Waals surface area contributed by atoms with Crippen LogP contribution in [-0.2, 0) is 6.61 Å². The van der Waals surface area contributed by atoms with Crippen LogP contribution in [0.2, 0.25) is 0 Å². The fourth-order valence-corrected chi connectivity index (χ4v) is 6.64. The first-order valence-electron chi connectivity index (χ1n) is 12.4. The topological polar surface area (TPSA) is 75.6 Å². The average molecular weight is 788 g/mol. The third-order valence-electron chi connectivity index (χ3n) is 5.95. The van der Waals surface area contributed by atoms with Crippen LogP contribution in [-0.4, -0.2) is 17.1 Å². The van der Waals surface area contributed by atoms with Gasteiger partial charge >= 0.3 is 0 Å². The Morgan fingerprint density at radius 1 is 1.00 bits per heavy atom. The van der Waals surface area contributed by atoms with Gasteiger partial charge in [-0.05, 0) is 112 Å². The van der Waals surface area contributed by atoms with Crippen LogP contribution in [0.5, 0.6) is 5.75 Å². The van der Waals surface area contributed by atoms with Crippen LogP contribution in [0.15, 0.2) is 95.4 Å². The number of nitrogens with one attached hydrogen (secondary N) is 2. The van der Waals surface area contributed by atoms with Gasteiger partial charge < -0.3 is 10.1 Å². The molecule has 0 spiro atoms. The molecule has 41 heavy (non-hydrogen) atoms. The van der Waals surface area contributed by atoms with Gasteiger partial charge in [-0.15, -0.1) is 11.3 Å². The number of benzene rings is 4. The minimum absolute atomic E-state index is 0.276. The molecule has 0 unspecified atom stereocenters. The summed E-state index contributed by atoms with van der Waals surface area (Å²) in [5, 5.41) is 10.2. The number of nitrogens with zero attached hydrogens (tertiary/aromatic N) is 2. The highest BCUT2D eigenvalue weighted by molar-refractivity contribution is 14.1. The van der Waals surface area contributed by atoms with Crippen molar-refractivity contribution >= 4 is 79.5 Å². The number of carbonyl (C=O) groups excluding carboxylic acids is 1. The number of hydrazone groups is 1. The summed E-state index contributed by atoms with van der Waals surface area (Å²) in [6, 6.07) is 25.5. The van der Waals surface area contributed by atoms with Crippen LogP contribution in [0, 0.1) is 19.9 Å². The fourth-order valence-electron chi connectivity index (χ4n) is 3.77. The molecule has 206 valence electrons. The molecule has 0 saturated heterocycles. The molecule has 1 aromatic heterocycles. The van der Waals surface area contributed by atoms with Crippen molar-refractivity contribution in [2.45, 2.75) is 13.5 Å². The maximum atomic E-state index is 13.1. The standard InChI is InChI=1S/C31H23FI2N4O2S/c1-19-2-12-25(13-3-19)36-31-37-28(18-41-31)22-6-8-23(9-7-22)30(39)38-35-16-21-14-26(33)29(27(34)15-21)40-17-20-4-10-24(32)11-5-20/h2-16,18H,17H2,1H3,(H,36,37)(H,38,39)/b35-16-. The molecule has 4 aromatic carbocycles. The minimum atomic E-state index is -0.309. The first kappa shape index (κ1) is 29.1. The van der Waals surface area contributed by atoms with Gasteiger partial charge in [0.25, 0.3) is 5.91 Å². The van der Waals surface area contributed by atoms with Crippen molar-refractivity contribution in [1.82, 2.24) is 10.4 Å². The van der Waals surface area contributed by atoms with Crippen molar-refractivity contribution < 1.29 is 13.9 Å². The van der Waals surface area contributed by atoms with Crippen LogP contribution in [0.25, 0.3) is 11.3 Å². The van der Waals surface area contributed by atoms with Gasteiger partial charge in [-0.25, -0.2) is 14.8 Å². The molecule has 1 amide bonds. The number of aryl methyl sites for hydroxylation is 1. The molecule has 6 nitrogen and oxygen atoms in total. The molecule has 0 bridgehead atoms. The highest BCUT2D eigenvalue weighted by Crippen LogP contribution is 2.30. The van der Waals surface area contributed by atoms with Gasteiger partial charge in [-0.2, -0.15) is 5.10 Å². The number of amides is 1. The third kappa shape index (κ3) is 7.89. The first-order chi connectivity index (χ1) is 19.8. The molecule has 1 heterocycles. The first-order valence-corrected chi connectivity index (χ1v) is 15.5. The van der Waals surface area contributed by atoms with Crippen molar-refractivity contribution in [2.24, 2.45) is 5.10 Å². The maximum Gasteiger partial charge on any atom is 0.271 e. The molecule has 0 atom stereocenters. The van der Waals surface area contributed by atoms with Crippen LogP contribution in [0.4, 0.5) is 15.2 Å². The molecule has 0 radical (unpaired) electrons. The lowest BCUT2D eigenvalue weighted by atomic mass is 10.1. The number of hydrogen-bond acceptors (Lipinski definition) is 6. The quantitative estimate of drug-likeness (QED) is 0.0893. The Morgan fingerprint density at radius 3 is 2.37 bits per heavy atom. The van der Waals surface area contributed by atoms with Crippen molar-refractivity contribution in [1.29, 1.82) is 0 Å². The average Bonchev–Trinajstić information content (AvgIpc) is 3.43. The molecular formula is C31H23FI2N4O2S. The number of hydrogen-bond donors (Lipinski definition) is 2. The predicted octanol–water partition coefficient (Wildman–Crippen LogP) is 8.55. The summed E-state index contributed by atoms with van der Waals surface area (Å²) in [5.41, 5.74) is 8.73. The smallest absolute Gasteiger partial charge is 0.271 e. The van der Waals surface area contributed by atoms with Crippen LogP contribution in [0.3, 0.4) is 0 Å². The Labute approximate surface area is 268 Å². The van der Waals surface area contributed by atoms with Crippen LogP contribution < -0.4 is 15.5 Å². The summed E-state index contributed by atoms with van der Waals surface area (Å²) in [6.07, 6.45) is 1.60. The second kappa shape index (κ2) is 13.5. The van der Waals surface area contributed by atoms with Gasteiger partial charge in [-0.3, -0.25) is 4.79 Å². The van der Waals surface area contributed by atoms with E-state index in [2.05, 4.69) is 85.1 Å². The van der Waals surface area contributed by atoms with Gasteiger partial charge in [0.2, 0.25) is 0 Å².